The van der Waals surface area contributed by atoms with Crippen molar-refractivity contribution in [3.05, 3.63) is 71.3 Å². The van der Waals surface area contributed by atoms with Gasteiger partial charge in [0, 0.05) is 18.1 Å². The second-order valence-corrected chi connectivity index (χ2v) is 7.93. The van der Waals surface area contributed by atoms with Crippen LogP contribution in [0.4, 0.5) is 0 Å². The van der Waals surface area contributed by atoms with Crippen molar-refractivity contribution in [2.75, 3.05) is 6.61 Å². The molecule has 0 saturated carbocycles. The fraction of sp³-hybridized carbons (Fsp3) is 0.375. The molecule has 0 N–H and O–H groups in total. The first-order chi connectivity index (χ1) is 12.9. The Balaban J connectivity index is 1.78. The molecule has 3 heteroatoms. The van der Waals surface area contributed by atoms with Gasteiger partial charge >= 0.3 is 5.97 Å². The van der Waals surface area contributed by atoms with Crippen LogP contribution in [0.25, 0.3) is 5.57 Å². The van der Waals surface area contributed by atoms with Crippen molar-refractivity contribution in [1.29, 1.82) is 0 Å². The Morgan fingerprint density at radius 1 is 1.07 bits per heavy atom. The van der Waals surface area contributed by atoms with Crippen LogP contribution in [-0.4, -0.2) is 18.2 Å². The number of ether oxygens (including phenoxy) is 2. The highest BCUT2D eigenvalue weighted by molar-refractivity contribution is 5.93. The highest BCUT2D eigenvalue weighted by atomic mass is 16.6. The van der Waals surface area contributed by atoms with E-state index in [0.29, 0.717) is 6.61 Å². The van der Waals surface area contributed by atoms with E-state index in [1.54, 1.807) is 6.08 Å². The number of hydrogen-bond donors (Lipinski definition) is 0. The Morgan fingerprint density at radius 2 is 1.85 bits per heavy atom. The number of carbonyl (C=O) groups excluding carboxylic acids is 1. The summed E-state index contributed by atoms with van der Waals surface area (Å²) in [5, 5.41) is 0. The van der Waals surface area contributed by atoms with Crippen LogP contribution in [0.3, 0.4) is 0 Å². The number of fused-ring (bicyclic) bond motifs is 1. The molecule has 3 nitrogen and oxygen atoms in total. The van der Waals surface area contributed by atoms with E-state index in [4.69, 9.17) is 9.47 Å². The maximum absolute atomic E-state index is 12.3. The van der Waals surface area contributed by atoms with E-state index in [9.17, 15) is 4.79 Å². The fourth-order valence-electron chi connectivity index (χ4n) is 3.41. The lowest BCUT2D eigenvalue weighted by atomic mass is 9.91. The van der Waals surface area contributed by atoms with Crippen LogP contribution in [0.5, 0.6) is 5.75 Å². The molecule has 0 amide bonds. The summed E-state index contributed by atoms with van der Waals surface area (Å²) in [6, 6.07) is 16.7. The van der Waals surface area contributed by atoms with Gasteiger partial charge in [0.05, 0.1) is 6.61 Å². The predicted octanol–water partition coefficient (Wildman–Crippen LogP) is 5.37. The van der Waals surface area contributed by atoms with E-state index >= 15 is 0 Å². The van der Waals surface area contributed by atoms with Gasteiger partial charge in [-0.3, -0.25) is 0 Å². The number of benzene rings is 2. The zero-order chi connectivity index (χ0) is 19.3. The van der Waals surface area contributed by atoms with Gasteiger partial charge in [0.15, 0.2) is 0 Å². The molecule has 2 aromatic rings. The third-order valence-electron chi connectivity index (χ3n) is 4.52. The second-order valence-electron chi connectivity index (χ2n) is 7.93. The van der Waals surface area contributed by atoms with Gasteiger partial charge in [0.1, 0.15) is 11.4 Å². The number of hydrogen-bond acceptors (Lipinski definition) is 3. The lowest BCUT2D eigenvalue weighted by molar-refractivity contribution is -0.148. The van der Waals surface area contributed by atoms with Crippen molar-refractivity contribution >= 4 is 11.5 Å². The van der Waals surface area contributed by atoms with Crippen LogP contribution >= 0.6 is 0 Å². The van der Waals surface area contributed by atoms with Crippen molar-refractivity contribution in [3.8, 4) is 5.75 Å². The van der Waals surface area contributed by atoms with Gasteiger partial charge < -0.3 is 9.47 Å². The second kappa shape index (κ2) is 8.43. The molecule has 1 aliphatic rings. The summed E-state index contributed by atoms with van der Waals surface area (Å²) in [7, 11) is 0. The molecule has 0 atom stereocenters. The van der Waals surface area contributed by atoms with E-state index in [1.165, 1.54) is 11.1 Å². The number of carbonyl (C=O) groups is 1. The fourth-order valence-corrected chi connectivity index (χ4v) is 3.41. The molecule has 0 spiro atoms. The standard InChI is InChI=1S/C24H28O3/c1-24(2,3)27-22(25)17-20-15-16-26-21-14-8-13-19(23(20)21)12-7-11-18-9-5-4-6-10-18/h4-6,8-10,13-14,17H,7,11-12,15-16H2,1-3H3/b20-17+. The monoisotopic (exact) mass is 364 g/mol. The lowest BCUT2D eigenvalue weighted by Gasteiger charge is -2.24. The molecule has 1 aliphatic heterocycles. The molecule has 0 fully saturated rings. The summed E-state index contributed by atoms with van der Waals surface area (Å²) in [6.45, 7) is 6.25. The molecule has 142 valence electrons. The van der Waals surface area contributed by atoms with Gasteiger partial charge in [-0.1, -0.05) is 42.5 Å². The van der Waals surface area contributed by atoms with Crippen LogP contribution < -0.4 is 4.74 Å². The minimum absolute atomic E-state index is 0.288. The molecular formula is C24H28O3. The van der Waals surface area contributed by atoms with Crippen molar-refractivity contribution < 1.29 is 14.3 Å². The first-order valence-corrected chi connectivity index (χ1v) is 9.65. The molecule has 2 aromatic carbocycles. The van der Waals surface area contributed by atoms with Gasteiger partial charge in [-0.15, -0.1) is 0 Å². The molecule has 0 bridgehead atoms. The number of aryl methyl sites for hydroxylation is 2. The van der Waals surface area contributed by atoms with E-state index in [2.05, 4.69) is 30.3 Å². The highest BCUT2D eigenvalue weighted by Crippen LogP contribution is 2.36. The molecule has 0 aliphatic carbocycles. The summed E-state index contributed by atoms with van der Waals surface area (Å²) in [5.41, 5.74) is 4.18. The molecule has 1 heterocycles. The maximum Gasteiger partial charge on any atom is 0.331 e. The van der Waals surface area contributed by atoms with E-state index in [1.807, 2.05) is 39.0 Å². The average molecular weight is 364 g/mol. The van der Waals surface area contributed by atoms with Crippen molar-refractivity contribution in [3.63, 3.8) is 0 Å². The summed E-state index contributed by atoms with van der Waals surface area (Å²) in [4.78, 5) is 12.3. The van der Waals surface area contributed by atoms with Crippen LogP contribution in [0.2, 0.25) is 0 Å². The number of esters is 1. The highest BCUT2D eigenvalue weighted by Gasteiger charge is 2.21. The average Bonchev–Trinajstić information content (AvgIpc) is 2.61. The van der Waals surface area contributed by atoms with E-state index in [0.717, 1.165) is 42.6 Å². The van der Waals surface area contributed by atoms with Crippen LogP contribution in [0.15, 0.2) is 54.6 Å². The lowest BCUT2D eigenvalue weighted by Crippen LogP contribution is -2.23. The quantitative estimate of drug-likeness (QED) is 0.528. The SMILES string of the molecule is CC(C)(C)OC(=O)/C=C1\CCOc2cccc(CCCc3ccccc3)c21. The minimum atomic E-state index is -0.489. The zero-order valence-corrected chi connectivity index (χ0v) is 16.5. The smallest absolute Gasteiger partial charge is 0.331 e. The molecule has 0 unspecified atom stereocenters. The van der Waals surface area contributed by atoms with Crippen molar-refractivity contribution in [1.82, 2.24) is 0 Å². The maximum atomic E-state index is 12.3. The first kappa shape index (κ1) is 19.2. The van der Waals surface area contributed by atoms with Gasteiger partial charge in [0.2, 0.25) is 0 Å². The molecule has 0 aromatic heterocycles. The molecule has 0 radical (unpaired) electrons. The normalized spacial score (nSPS) is 15.1. The third-order valence-corrected chi connectivity index (χ3v) is 4.52. The van der Waals surface area contributed by atoms with Gasteiger partial charge in [0.25, 0.3) is 0 Å². The van der Waals surface area contributed by atoms with Crippen LogP contribution in [-0.2, 0) is 22.4 Å². The molecule has 27 heavy (non-hydrogen) atoms. The first-order valence-electron chi connectivity index (χ1n) is 9.65. The van der Waals surface area contributed by atoms with Crippen LogP contribution in [0.1, 0.15) is 50.3 Å². The Kier molecular flexibility index (Phi) is 6.00. The van der Waals surface area contributed by atoms with Gasteiger partial charge in [-0.05, 0) is 62.8 Å². The Hall–Kier alpha value is -2.55. The van der Waals surface area contributed by atoms with Gasteiger partial charge in [-0.25, -0.2) is 4.79 Å². The van der Waals surface area contributed by atoms with Crippen molar-refractivity contribution in [2.45, 2.75) is 52.1 Å². The Morgan fingerprint density at radius 3 is 2.59 bits per heavy atom. The molecule has 3 rings (SSSR count). The third kappa shape index (κ3) is 5.46. The summed E-state index contributed by atoms with van der Waals surface area (Å²) >= 11 is 0. The summed E-state index contributed by atoms with van der Waals surface area (Å²) in [5.74, 6) is 0.581. The Bertz CT molecular complexity index is 813. The van der Waals surface area contributed by atoms with Gasteiger partial charge in [-0.2, -0.15) is 0 Å². The molecular weight excluding hydrogens is 336 g/mol. The summed E-state index contributed by atoms with van der Waals surface area (Å²) in [6.07, 6.45) is 5.42. The predicted molar refractivity (Wildman–Crippen MR) is 109 cm³/mol. The van der Waals surface area contributed by atoms with Crippen LogP contribution in [0, 0.1) is 0 Å². The zero-order valence-electron chi connectivity index (χ0n) is 16.5. The number of rotatable bonds is 5. The van der Waals surface area contributed by atoms with E-state index in [-0.39, 0.29) is 5.97 Å². The van der Waals surface area contributed by atoms with E-state index < -0.39 is 5.60 Å². The Labute approximate surface area is 162 Å². The topological polar surface area (TPSA) is 35.5 Å². The summed E-state index contributed by atoms with van der Waals surface area (Å²) < 4.78 is 11.3. The molecule has 0 saturated heterocycles. The van der Waals surface area contributed by atoms with Crippen molar-refractivity contribution in [2.24, 2.45) is 0 Å². The largest absolute Gasteiger partial charge is 0.493 e. The minimum Gasteiger partial charge on any atom is -0.493 e.